The maximum Gasteiger partial charge on any atom is 0.221 e. The summed E-state index contributed by atoms with van der Waals surface area (Å²) in [6.45, 7) is 3.92. The van der Waals surface area contributed by atoms with E-state index in [-0.39, 0.29) is 6.61 Å². The Bertz CT molecular complexity index is 508. The van der Waals surface area contributed by atoms with E-state index in [1.54, 1.807) is 6.08 Å². The number of pyridine rings is 1. The van der Waals surface area contributed by atoms with Gasteiger partial charge in [-0.1, -0.05) is 30.9 Å². The first kappa shape index (κ1) is 10.6. The number of hydrogen-bond donors (Lipinski definition) is 1. The lowest BCUT2D eigenvalue weighted by Gasteiger charge is -2.08. The topological polar surface area (TPSA) is 42.4 Å². The van der Waals surface area contributed by atoms with Crippen LogP contribution in [0.3, 0.4) is 0 Å². The van der Waals surface area contributed by atoms with Gasteiger partial charge in [-0.3, -0.25) is 0 Å². The molecule has 1 N–H and O–H groups in total. The summed E-state index contributed by atoms with van der Waals surface area (Å²) >= 11 is 0. The van der Waals surface area contributed by atoms with Gasteiger partial charge in [0.25, 0.3) is 0 Å². The predicted molar refractivity (Wildman–Crippen MR) is 63.4 cm³/mol. The van der Waals surface area contributed by atoms with Gasteiger partial charge < -0.3 is 9.84 Å². The van der Waals surface area contributed by atoms with Crippen LogP contribution in [0.4, 0.5) is 0 Å². The number of aliphatic hydroxyl groups is 1. The van der Waals surface area contributed by atoms with Crippen LogP contribution in [0.2, 0.25) is 0 Å². The maximum absolute atomic E-state index is 9.11. The Morgan fingerprint density at radius 2 is 2.19 bits per heavy atom. The fraction of sp³-hybridized carbons (Fsp3) is 0.154. The number of fused-ring (bicyclic) bond motifs is 1. The average molecular weight is 215 g/mol. The van der Waals surface area contributed by atoms with Crippen LogP contribution in [0.1, 0.15) is 5.69 Å². The second-order valence-corrected chi connectivity index (χ2v) is 3.40. The number of aromatic nitrogens is 1. The summed E-state index contributed by atoms with van der Waals surface area (Å²) in [6, 6.07) is 9.65. The zero-order valence-electron chi connectivity index (χ0n) is 8.89. The molecule has 0 bridgehead atoms. The summed E-state index contributed by atoms with van der Waals surface area (Å²) in [5.41, 5.74) is 0.609. The summed E-state index contributed by atoms with van der Waals surface area (Å²) in [5, 5.41) is 11.1. The van der Waals surface area contributed by atoms with Crippen molar-refractivity contribution in [2.24, 2.45) is 0 Å². The molecule has 1 aromatic carbocycles. The highest BCUT2D eigenvalue weighted by molar-refractivity contribution is 5.87. The van der Waals surface area contributed by atoms with E-state index in [9.17, 15) is 0 Å². The molecule has 2 aromatic rings. The minimum absolute atomic E-state index is 0.0880. The van der Waals surface area contributed by atoms with Crippen LogP contribution >= 0.6 is 0 Å². The Labute approximate surface area is 94.0 Å². The fourth-order valence-electron chi connectivity index (χ4n) is 1.55. The molecule has 0 saturated carbocycles. The van der Waals surface area contributed by atoms with Crippen LogP contribution in [0.25, 0.3) is 10.8 Å². The minimum Gasteiger partial charge on any atom is -0.473 e. The molecule has 3 nitrogen and oxygen atoms in total. The van der Waals surface area contributed by atoms with Gasteiger partial charge in [0.05, 0.1) is 12.3 Å². The molecule has 3 heteroatoms. The lowest BCUT2D eigenvalue weighted by atomic mass is 10.1. The van der Waals surface area contributed by atoms with Crippen molar-refractivity contribution in [2.75, 3.05) is 6.61 Å². The number of benzene rings is 1. The first-order valence-electron chi connectivity index (χ1n) is 5.08. The first-order valence-corrected chi connectivity index (χ1v) is 5.08. The van der Waals surface area contributed by atoms with Gasteiger partial charge in [0, 0.05) is 5.39 Å². The fourth-order valence-corrected chi connectivity index (χ4v) is 1.55. The normalized spacial score (nSPS) is 10.3. The van der Waals surface area contributed by atoms with E-state index < -0.39 is 0 Å². The highest BCUT2D eigenvalue weighted by atomic mass is 16.5. The van der Waals surface area contributed by atoms with Crippen LogP contribution < -0.4 is 4.74 Å². The zero-order chi connectivity index (χ0) is 11.4. The molecule has 0 aliphatic carbocycles. The van der Waals surface area contributed by atoms with Crippen molar-refractivity contribution in [1.29, 1.82) is 0 Å². The number of ether oxygens (including phenoxy) is 1. The summed E-state index contributed by atoms with van der Waals surface area (Å²) in [4.78, 5) is 4.24. The van der Waals surface area contributed by atoms with Crippen molar-refractivity contribution in [3.8, 4) is 5.88 Å². The number of hydrogen-bond acceptors (Lipinski definition) is 3. The lowest BCUT2D eigenvalue weighted by Crippen LogP contribution is -1.99. The van der Waals surface area contributed by atoms with E-state index in [4.69, 9.17) is 9.84 Å². The highest BCUT2D eigenvalue weighted by Crippen LogP contribution is 2.24. The highest BCUT2D eigenvalue weighted by Gasteiger charge is 2.05. The Kier molecular flexibility index (Phi) is 3.17. The van der Waals surface area contributed by atoms with Crippen LogP contribution in [0.5, 0.6) is 5.88 Å². The zero-order valence-corrected chi connectivity index (χ0v) is 8.89. The van der Waals surface area contributed by atoms with Crippen molar-refractivity contribution in [2.45, 2.75) is 6.61 Å². The van der Waals surface area contributed by atoms with E-state index in [1.165, 1.54) is 0 Å². The average Bonchev–Trinajstić information content (AvgIpc) is 2.35. The molecule has 16 heavy (non-hydrogen) atoms. The van der Waals surface area contributed by atoms with Crippen molar-refractivity contribution in [3.63, 3.8) is 0 Å². The van der Waals surface area contributed by atoms with Crippen molar-refractivity contribution in [1.82, 2.24) is 4.98 Å². The standard InChI is InChI=1S/C13H13NO2/c1-2-7-16-13-12-6-4-3-5-10(12)8-11(9-15)14-13/h2-6,8,15H,1,7,9H2. The molecule has 0 radical (unpaired) electrons. The van der Waals surface area contributed by atoms with Gasteiger partial charge >= 0.3 is 0 Å². The second-order valence-electron chi connectivity index (χ2n) is 3.40. The molecule has 0 aliphatic heterocycles. The second kappa shape index (κ2) is 4.77. The third-order valence-corrected chi connectivity index (χ3v) is 2.26. The van der Waals surface area contributed by atoms with E-state index >= 15 is 0 Å². The molecule has 82 valence electrons. The van der Waals surface area contributed by atoms with Gasteiger partial charge in [-0.2, -0.15) is 0 Å². The molecule has 0 saturated heterocycles. The largest absolute Gasteiger partial charge is 0.473 e. The van der Waals surface area contributed by atoms with Gasteiger partial charge in [-0.15, -0.1) is 0 Å². The smallest absolute Gasteiger partial charge is 0.221 e. The van der Waals surface area contributed by atoms with E-state index in [1.807, 2.05) is 30.3 Å². The monoisotopic (exact) mass is 215 g/mol. The molecule has 0 aliphatic rings. The molecular formula is C13H13NO2. The molecular weight excluding hydrogens is 202 g/mol. The lowest BCUT2D eigenvalue weighted by molar-refractivity contribution is 0.273. The van der Waals surface area contributed by atoms with Crippen molar-refractivity contribution < 1.29 is 9.84 Å². The molecule has 1 aromatic heterocycles. The summed E-state index contributed by atoms with van der Waals surface area (Å²) in [7, 11) is 0. The molecule has 0 amide bonds. The molecule has 0 spiro atoms. The van der Waals surface area contributed by atoms with E-state index in [2.05, 4.69) is 11.6 Å². The first-order chi connectivity index (χ1) is 7.85. The molecule has 0 atom stereocenters. The minimum atomic E-state index is -0.0880. The van der Waals surface area contributed by atoms with Crippen LogP contribution in [0, 0.1) is 0 Å². The van der Waals surface area contributed by atoms with E-state index in [0.717, 1.165) is 10.8 Å². The summed E-state index contributed by atoms with van der Waals surface area (Å²) in [5.74, 6) is 0.544. The van der Waals surface area contributed by atoms with Crippen molar-refractivity contribution >= 4 is 10.8 Å². The predicted octanol–water partition coefficient (Wildman–Crippen LogP) is 2.29. The Morgan fingerprint density at radius 3 is 2.94 bits per heavy atom. The SMILES string of the molecule is C=CCOc1nc(CO)cc2ccccc12. The van der Waals surface area contributed by atoms with Crippen LogP contribution in [0.15, 0.2) is 43.0 Å². The van der Waals surface area contributed by atoms with E-state index in [0.29, 0.717) is 18.2 Å². The Balaban J connectivity index is 2.54. The third-order valence-electron chi connectivity index (χ3n) is 2.26. The molecule has 1 heterocycles. The Morgan fingerprint density at radius 1 is 1.38 bits per heavy atom. The van der Waals surface area contributed by atoms with Gasteiger partial charge in [0.15, 0.2) is 0 Å². The van der Waals surface area contributed by atoms with Crippen LogP contribution in [-0.2, 0) is 6.61 Å². The molecule has 0 unspecified atom stereocenters. The maximum atomic E-state index is 9.11. The van der Waals surface area contributed by atoms with Gasteiger partial charge in [-0.25, -0.2) is 4.98 Å². The number of aliphatic hydroxyl groups excluding tert-OH is 1. The van der Waals surface area contributed by atoms with Crippen LogP contribution in [-0.4, -0.2) is 16.7 Å². The number of rotatable bonds is 4. The number of nitrogens with zero attached hydrogens (tertiary/aromatic N) is 1. The Hall–Kier alpha value is -1.87. The summed E-state index contributed by atoms with van der Waals surface area (Å²) in [6.07, 6.45) is 1.67. The van der Waals surface area contributed by atoms with Gasteiger partial charge in [0.2, 0.25) is 5.88 Å². The third kappa shape index (κ3) is 2.04. The van der Waals surface area contributed by atoms with Gasteiger partial charge in [0.1, 0.15) is 6.61 Å². The molecule has 0 fully saturated rings. The molecule has 2 rings (SSSR count). The summed E-state index contributed by atoms with van der Waals surface area (Å²) < 4.78 is 5.47. The van der Waals surface area contributed by atoms with Crippen molar-refractivity contribution in [3.05, 3.63) is 48.7 Å². The quantitative estimate of drug-likeness (QED) is 0.796. The van der Waals surface area contributed by atoms with Gasteiger partial charge in [-0.05, 0) is 17.5 Å².